The van der Waals surface area contributed by atoms with E-state index in [1.54, 1.807) is 24.5 Å². The summed E-state index contributed by atoms with van der Waals surface area (Å²) in [6.07, 6.45) is 1.55. The molecule has 1 aromatic heterocycles. The number of hydrogen-bond acceptors (Lipinski definition) is 6. The van der Waals surface area contributed by atoms with Gasteiger partial charge in [0.25, 0.3) is 5.22 Å². The molecule has 0 aliphatic carbocycles. The lowest BCUT2D eigenvalue weighted by Crippen LogP contribution is -2.04. The first-order chi connectivity index (χ1) is 8.60. The summed E-state index contributed by atoms with van der Waals surface area (Å²) in [5.41, 5.74) is 7.35. The second-order valence-electron chi connectivity index (χ2n) is 3.60. The summed E-state index contributed by atoms with van der Waals surface area (Å²) in [6.45, 7) is 1.83. The number of rotatable bonds is 3. The molecule has 94 valence electrons. The molecule has 0 spiro atoms. The standard InChI is InChI=1S/C12H12N2O3S/c1-7-6-17-12(14-7)18-10-4-3-8(13)5-9(10)11(15)16-2/h3-6H,13H2,1-2H3. The Kier molecular flexibility index (Phi) is 3.57. The highest BCUT2D eigenvalue weighted by Gasteiger charge is 2.15. The number of aromatic nitrogens is 1. The number of nitrogen functional groups attached to an aromatic ring is 1. The van der Waals surface area contributed by atoms with Crippen LogP contribution in [0.4, 0.5) is 5.69 Å². The molecule has 5 nitrogen and oxygen atoms in total. The molecule has 6 heteroatoms. The number of nitrogens with two attached hydrogens (primary N) is 1. The van der Waals surface area contributed by atoms with Crippen LogP contribution in [0, 0.1) is 6.92 Å². The van der Waals surface area contributed by atoms with Gasteiger partial charge in [-0.1, -0.05) is 0 Å². The number of aryl methyl sites for hydroxylation is 1. The van der Waals surface area contributed by atoms with Gasteiger partial charge in [-0.15, -0.1) is 0 Å². The van der Waals surface area contributed by atoms with E-state index in [9.17, 15) is 4.79 Å². The van der Waals surface area contributed by atoms with Crippen LogP contribution in [0.2, 0.25) is 0 Å². The lowest BCUT2D eigenvalue weighted by molar-refractivity contribution is 0.0597. The number of hydrogen-bond donors (Lipinski definition) is 1. The second kappa shape index (κ2) is 5.14. The lowest BCUT2D eigenvalue weighted by Gasteiger charge is -2.06. The maximum atomic E-state index is 11.6. The van der Waals surface area contributed by atoms with Crippen LogP contribution < -0.4 is 5.73 Å². The predicted octanol–water partition coefficient (Wildman–Crippen LogP) is 2.50. The summed E-state index contributed by atoms with van der Waals surface area (Å²) in [7, 11) is 1.33. The Labute approximate surface area is 108 Å². The molecule has 0 radical (unpaired) electrons. The first-order valence-electron chi connectivity index (χ1n) is 5.18. The number of anilines is 1. The van der Waals surface area contributed by atoms with Gasteiger partial charge in [-0.05, 0) is 36.9 Å². The molecule has 18 heavy (non-hydrogen) atoms. The number of methoxy groups -OCH3 is 1. The van der Waals surface area contributed by atoms with Gasteiger partial charge in [0, 0.05) is 10.6 Å². The third kappa shape index (κ3) is 2.65. The minimum Gasteiger partial charge on any atom is -0.465 e. The summed E-state index contributed by atoms with van der Waals surface area (Å²) >= 11 is 1.25. The number of oxazole rings is 1. The number of esters is 1. The Morgan fingerprint density at radius 3 is 2.89 bits per heavy atom. The predicted molar refractivity (Wildman–Crippen MR) is 67.6 cm³/mol. The Balaban J connectivity index is 2.35. The van der Waals surface area contributed by atoms with E-state index in [1.165, 1.54) is 18.9 Å². The van der Waals surface area contributed by atoms with Crippen molar-refractivity contribution < 1.29 is 13.9 Å². The molecule has 0 bridgehead atoms. The first kappa shape index (κ1) is 12.5. The molecule has 0 fully saturated rings. The van der Waals surface area contributed by atoms with Gasteiger partial charge < -0.3 is 14.9 Å². The van der Waals surface area contributed by atoms with Crippen molar-refractivity contribution in [3.05, 3.63) is 35.7 Å². The van der Waals surface area contributed by atoms with E-state index < -0.39 is 5.97 Å². The topological polar surface area (TPSA) is 78.4 Å². The van der Waals surface area contributed by atoms with Gasteiger partial charge in [0.05, 0.1) is 18.4 Å². The zero-order valence-electron chi connectivity index (χ0n) is 9.97. The maximum Gasteiger partial charge on any atom is 0.339 e. The van der Waals surface area contributed by atoms with E-state index in [1.807, 2.05) is 6.92 Å². The molecule has 0 unspecified atom stereocenters. The zero-order chi connectivity index (χ0) is 13.1. The second-order valence-corrected chi connectivity index (χ2v) is 4.60. The fourth-order valence-corrected chi connectivity index (χ4v) is 2.24. The summed E-state index contributed by atoms with van der Waals surface area (Å²) in [4.78, 5) is 16.5. The molecule has 0 atom stereocenters. The van der Waals surface area contributed by atoms with Crippen molar-refractivity contribution in [3.63, 3.8) is 0 Å². The third-order valence-electron chi connectivity index (χ3n) is 2.20. The molecular formula is C12H12N2O3S. The number of carbonyl (C=O) groups is 1. The minimum absolute atomic E-state index is 0.401. The Hall–Kier alpha value is -1.95. The number of nitrogens with zero attached hydrogens (tertiary/aromatic N) is 1. The molecule has 0 amide bonds. The van der Waals surface area contributed by atoms with Gasteiger partial charge in [0.1, 0.15) is 6.26 Å². The monoisotopic (exact) mass is 264 g/mol. The van der Waals surface area contributed by atoms with Crippen molar-refractivity contribution in [1.82, 2.24) is 4.98 Å². The van der Waals surface area contributed by atoms with Crippen molar-refractivity contribution in [2.24, 2.45) is 0 Å². The summed E-state index contributed by atoms with van der Waals surface area (Å²) in [5, 5.41) is 0.474. The van der Waals surface area contributed by atoms with E-state index in [0.29, 0.717) is 21.4 Å². The summed E-state index contributed by atoms with van der Waals surface area (Å²) < 4.78 is 9.95. The number of benzene rings is 1. The molecule has 0 saturated heterocycles. The van der Waals surface area contributed by atoms with E-state index >= 15 is 0 Å². The highest BCUT2D eigenvalue weighted by Crippen LogP contribution is 2.31. The zero-order valence-corrected chi connectivity index (χ0v) is 10.8. The molecule has 2 aromatic rings. The van der Waals surface area contributed by atoms with Crippen LogP contribution in [-0.2, 0) is 4.74 Å². The smallest absolute Gasteiger partial charge is 0.339 e. The normalized spacial score (nSPS) is 10.3. The number of carbonyl (C=O) groups excluding carboxylic acids is 1. The first-order valence-corrected chi connectivity index (χ1v) is 5.99. The SMILES string of the molecule is COC(=O)c1cc(N)ccc1Sc1nc(C)co1. The van der Waals surface area contributed by atoms with Crippen LogP contribution in [0.3, 0.4) is 0 Å². The van der Waals surface area contributed by atoms with Gasteiger partial charge in [0.2, 0.25) is 0 Å². The average Bonchev–Trinajstić information content (AvgIpc) is 2.76. The largest absolute Gasteiger partial charge is 0.465 e. The van der Waals surface area contributed by atoms with Crippen LogP contribution in [0.5, 0.6) is 0 Å². The van der Waals surface area contributed by atoms with Crippen molar-refractivity contribution in [1.29, 1.82) is 0 Å². The Morgan fingerprint density at radius 2 is 2.28 bits per heavy atom. The van der Waals surface area contributed by atoms with Gasteiger partial charge in [0.15, 0.2) is 0 Å². The van der Waals surface area contributed by atoms with Crippen molar-refractivity contribution >= 4 is 23.4 Å². The van der Waals surface area contributed by atoms with Crippen LogP contribution in [0.25, 0.3) is 0 Å². The fourth-order valence-electron chi connectivity index (χ4n) is 1.38. The van der Waals surface area contributed by atoms with Crippen LogP contribution >= 0.6 is 11.8 Å². The molecule has 2 N–H and O–H groups in total. The van der Waals surface area contributed by atoms with Crippen LogP contribution in [0.1, 0.15) is 16.1 Å². The summed E-state index contributed by atoms with van der Waals surface area (Å²) in [5.74, 6) is -0.437. The Bertz CT molecular complexity index is 580. The molecule has 1 aromatic carbocycles. The number of ether oxygens (including phenoxy) is 1. The minimum atomic E-state index is -0.437. The molecule has 0 saturated carbocycles. The van der Waals surface area contributed by atoms with E-state index in [4.69, 9.17) is 14.9 Å². The lowest BCUT2D eigenvalue weighted by atomic mass is 10.2. The third-order valence-corrected chi connectivity index (χ3v) is 3.14. The fraction of sp³-hybridized carbons (Fsp3) is 0.167. The Morgan fingerprint density at radius 1 is 1.50 bits per heavy atom. The van der Waals surface area contributed by atoms with E-state index in [-0.39, 0.29) is 0 Å². The van der Waals surface area contributed by atoms with Crippen molar-refractivity contribution in [2.45, 2.75) is 17.0 Å². The molecule has 0 aliphatic heterocycles. The molecule has 2 rings (SSSR count). The van der Waals surface area contributed by atoms with Crippen molar-refractivity contribution in [3.8, 4) is 0 Å². The summed E-state index contributed by atoms with van der Waals surface area (Å²) in [6, 6.07) is 5.03. The van der Waals surface area contributed by atoms with Gasteiger partial charge in [-0.3, -0.25) is 0 Å². The van der Waals surface area contributed by atoms with Gasteiger partial charge in [-0.2, -0.15) is 0 Å². The van der Waals surface area contributed by atoms with Crippen molar-refractivity contribution in [2.75, 3.05) is 12.8 Å². The van der Waals surface area contributed by atoms with Crippen LogP contribution in [0.15, 0.2) is 39.0 Å². The molecule has 1 heterocycles. The van der Waals surface area contributed by atoms with E-state index in [2.05, 4.69) is 4.98 Å². The van der Waals surface area contributed by atoms with Crippen LogP contribution in [-0.4, -0.2) is 18.1 Å². The highest BCUT2D eigenvalue weighted by atomic mass is 32.2. The van der Waals surface area contributed by atoms with Gasteiger partial charge >= 0.3 is 5.97 Å². The molecular weight excluding hydrogens is 252 g/mol. The average molecular weight is 264 g/mol. The highest BCUT2D eigenvalue weighted by molar-refractivity contribution is 7.99. The molecule has 0 aliphatic rings. The van der Waals surface area contributed by atoms with E-state index in [0.717, 1.165) is 5.69 Å². The maximum absolute atomic E-state index is 11.6. The van der Waals surface area contributed by atoms with Gasteiger partial charge in [-0.25, -0.2) is 9.78 Å². The quantitative estimate of drug-likeness (QED) is 0.678.